The van der Waals surface area contributed by atoms with E-state index in [1.54, 1.807) is 20.8 Å². The second kappa shape index (κ2) is 6.83. The first-order valence-corrected chi connectivity index (χ1v) is 6.55. The van der Waals surface area contributed by atoms with Gasteiger partial charge in [0.15, 0.2) is 0 Å². The lowest BCUT2D eigenvalue weighted by atomic mass is 10.0. The largest absolute Gasteiger partial charge is 0.481 e. The molecule has 114 valence electrons. The quantitative estimate of drug-likeness (QED) is 0.640. The zero-order valence-corrected chi connectivity index (χ0v) is 12.2. The molecule has 1 rings (SSSR count). The number of carbonyl (C=O) groups excluding carboxylic acids is 1. The third-order valence-corrected chi connectivity index (χ3v) is 3.27. The predicted octanol–water partition coefficient (Wildman–Crippen LogP) is 2.23. The molecule has 0 aliphatic heterocycles. The topological polar surface area (TPSA) is 101 Å². The van der Waals surface area contributed by atoms with Crippen LogP contribution in [0.5, 0.6) is 0 Å². The highest BCUT2D eigenvalue weighted by Crippen LogP contribution is 2.20. The van der Waals surface area contributed by atoms with Gasteiger partial charge in [-0.2, -0.15) is 0 Å². The SMILES string of the molecule is CCN(C(=O)c1cc([N+](=O)[O-])ccc1C)C(C)CC(=O)O. The van der Waals surface area contributed by atoms with Crippen LogP contribution in [0.2, 0.25) is 0 Å². The normalized spacial score (nSPS) is 11.8. The Morgan fingerprint density at radius 3 is 2.52 bits per heavy atom. The van der Waals surface area contributed by atoms with E-state index in [9.17, 15) is 19.7 Å². The number of rotatable bonds is 6. The van der Waals surface area contributed by atoms with Crippen LogP contribution in [0.25, 0.3) is 0 Å². The molecule has 1 amide bonds. The summed E-state index contributed by atoms with van der Waals surface area (Å²) in [5, 5.41) is 19.6. The summed E-state index contributed by atoms with van der Waals surface area (Å²) in [4.78, 5) is 34.9. The van der Waals surface area contributed by atoms with E-state index in [4.69, 9.17) is 5.11 Å². The standard InChI is InChI=1S/C14H18N2O5/c1-4-15(10(3)7-13(17)18)14(19)12-8-11(16(20)21)6-5-9(12)2/h5-6,8,10H,4,7H2,1-3H3,(H,17,18). The third kappa shape index (κ3) is 4.01. The van der Waals surface area contributed by atoms with Crippen LogP contribution in [0, 0.1) is 17.0 Å². The van der Waals surface area contributed by atoms with Gasteiger partial charge < -0.3 is 10.0 Å². The first-order chi connectivity index (χ1) is 9.77. The second-order valence-electron chi connectivity index (χ2n) is 4.79. The van der Waals surface area contributed by atoms with E-state index in [1.165, 1.54) is 23.1 Å². The fourth-order valence-electron chi connectivity index (χ4n) is 2.13. The number of amides is 1. The average molecular weight is 294 g/mol. The molecular weight excluding hydrogens is 276 g/mol. The van der Waals surface area contributed by atoms with Crippen molar-refractivity contribution in [3.63, 3.8) is 0 Å². The Bertz CT molecular complexity index is 570. The molecule has 0 fully saturated rings. The number of carbonyl (C=O) groups is 2. The van der Waals surface area contributed by atoms with Crippen molar-refractivity contribution in [3.8, 4) is 0 Å². The molecule has 0 saturated carbocycles. The summed E-state index contributed by atoms with van der Waals surface area (Å²) in [6.07, 6.45) is -0.173. The van der Waals surface area contributed by atoms with Gasteiger partial charge in [0.25, 0.3) is 11.6 Å². The van der Waals surface area contributed by atoms with Crippen molar-refractivity contribution in [1.82, 2.24) is 4.90 Å². The van der Waals surface area contributed by atoms with Gasteiger partial charge in [-0.05, 0) is 26.3 Å². The number of hydrogen-bond acceptors (Lipinski definition) is 4. The van der Waals surface area contributed by atoms with Crippen molar-refractivity contribution >= 4 is 17.6 Å². The van der Waals surface area contributed by atoms with Crippen molar-refractivity contribution in [2.24, 2.45) is 0 Å². The van der Waals surface area contributed by atoms with Crippen molar-refractivity contribution in [1.29, 1.82) is 0 Å². The number of aliphatic carboxylic acids is 1. The predicted molar refractivity (Wildman–Crippen MR) is 76.3 cm³/mol. The van der Waals surface area contributed by atoms with E-state index in [0.29, 0.717) is 12.1 Å². The lowest BCUT2D eigenvalue weighted by Gasteiger charge is -2.27. The van der Waals surface area contributed by atoms with Crippen LogP contribution in [0.15, 0.2) is 18.2 Å². The van der Waals surface area contributed by atoms with Crippen LogP contribution in [0.1, 0.15) is 36.2 Å². The fourth-order valence-corrected chi connectivity index (χ4v) is 2.13. The molecule has 0 heterocycles. The van der Waals surface area contributed by atoms with Crippen LogP contribution in [-0.2, 0) is 4.79 Å². The number of nitro groups is 1. The van der Waals surface area contributed by atoms with E-state index in [-0.39, 0.29) is 17.7 Å². The molecule has 1 atom stereocenters. The number of nitrogens with zero attached hydrogens (tertiary/aromatic N) is 2. The zero-order valence-electron chi connectivity index (χ0n) is 12.2. The molecule has 1 aromatic carbocycles. The van der Waals surface area contributed by atoms with Gasteiger partial charge in [-0.1, -0.05) is 6.07 Å². The zero-order chi connectivity index (χ0) is 16.2. The van der Waals surface area contributed by atoms with Crippen molar-refractivity contribution < 1.29 is 19.6 Å². The maximum Gasteiger partial charge on any atom is 0.305 e. The molecule has 1 aromatic rings. The molecule has 7 nitrogen and oxygen atoms in total. The summed E-state index contributed by atoms with van der Waals surface area (Å²) in [7, 11) is 0. The van der Waals surface area contributed by atoms with Gasteiger partial charge in [-0.25, -0.2) is 0 Å². The summed E-state index contributed by atoms with van der Waals surface area (Å²) in [6, 6.07) is 3.59. The Kier molecular flexibility index (Phi) is 5.40. The maximum absolute atomic E-state index is 12.5. The number of carboxylic acid groups (broad SMARTS) is 1. The minimum absolute atomic E-state index is 0.161. The monoisotopic (exact) mass is 294 g/mol. The summed E-state index contributed by atoms with van der Waals surface area (Å²) in [5.74, 6) is -1.39. The number of hydrogen-bond donors (Lipinski definition) is 1. The minimum atomic E-state index is -0.996. The minimum Gasteiger partial charge on any atom is -0.481 e. The van der Waals surface area contributed by atoms with Gasteiger partial charge in [-0.3, -0.25) is 19.7 Å². The lowest BCUT2D eigenvalue weighted by Crippen LogP contribution is -2.40. The molecule has 0 radical (unpaired) electrons. The molecule has 0 saturated heterocycles. The molecular formula is C14H18N2O5. The van der Waals surface area contributed by atoms with Gasteiger partial charge in [0.05, 0.1) is 11.3 Å². The highest BCUT2D eigenvalue weighted by atomic mass is 16.6. The number of benzene rings is 1. The Hall–Kier alpha value is -2.44. The molecule has 0 aliphatic rings. The molecule has 7 heteroatoms. The van der Waals surface area contributed by atoms with Crippen LogP contribution < -0.4 is 0 Å². The Morgan fingerprint density at radius 2 is 2.05 bits per heavy atom. The number of carboxylic acids is 1. The van der Waals surface area contributed by atoms with E-state index in [2.05, 4.69) is 0 Å². The average Bonchev–Trinajstić information content (AvgIpc) is 2.38. The fraction of sp³-hybridized carbons (Fsp3) is 0.429. The molecule has 0 aromatic heterocycles. The van der Waals surface area contributed by atoms with Gasteiger partial charge in [0.1, 0.15) is 0 Å². The molecule has 1 unspecified atom stereocenters. The number of nitro benzene ring substituents is 1. The highest BCUT2D eigenvalue weighted by Gasteiger charge is 2.24. The van der Waals surface area contributed by atoms with Crippen LogP contribution in [0.3, 0.4) is 0 Å². The van der Waals surface area contributed by atoms with Crippen molar-refractivity contribution in [2.75, 3.05) is 6.54 Å². The van der Waals surface area contributed by atoms with E-state index < -0.39 is 22.8 Å². The Morgan fingerprint density at radius 1 is 1.43 bits per heavy atom. The first kappa shape index (κ1) is 16.6. The first-order valence-electron chi connectivity index (χ1n) is 6.55. The molecule has 21 heavy (non-hydrogen) atoms. The Balaban J connectivity index is 3.12. The maximum atomic E-state index is 12.5. The van der Waals surface area contributed by atoms with Gasteiger partial charge in [0, 0.05) is 30.3 Å². The summed E-state index contributed by atoms with van der Waals surface area (Å²) >= 11 is 0. The lowest BCUT2D eigenvalue weighted by molar-refractivity contribution is -0.384. The summed E-state index contributed by atoms with van der Waals surface area (Å²) in [5.41, 5.74) is 0.681. The van der Waals surface area contributed by atoms with Gasteiger partial charge in [-0.15, -0.1) is 0 Å². The van der Waals surface area contributed by atoms with Crippen LogP contribution in [-0.4, -0.2) is 39.4 Å². The molecule has 0 bridgehead atoms. The van der Waals surface area contributed by atoms with E-state index in [0.717, 1.165) is 0 Å². The molecule has 0 aliphatic carbocycles. The van der Waals surface area contributed by atoms with Gasteiger partial charge >= 0.3 is 5.97 Å². The second-order valence-corrected chi connectivity index (χ2v) is 4.79. The number of non-ortho nitro benzene ring substituents is 1. The van der Waals surface area contributed by atoms with Gasteiger partial charge in [0.2, 0.25) is 0 Å². The number of aryl methyl sites for hydroxylation is 1. The van der Waals surface area contributed by atoms with E-state index in [1.807, 2.05) is 0 Å². The Labute approximate surface area is 122 Å². The highest BCUT2D eigenvalue weighted by molar-refractivity contribution is 5.96. The smallest absolute Gasteiger partial charge is 0.305 e. The summed E-state index contributed by atoms with van der Waals surface area (Å²) in [6.45, 7) is 5.40. The van der Waals surface area contributed by atoms with Crippen LogP contribution in [0.4, 0.5) is 5.69 Å². The van der Waals surface area contributed by atoms with Crippen molar-refractivity contribution in [2.45, 2.75) is 33.2 Å². The molecule has 0 spiro atoms. The summed E-state index contributed by atoms with van der Waals surface area (Å²) < 4.78 is 0. The molecule has 1 N–H and O–H groups in total. The third-order valence-electron chi connectivity index (χ3n) is 3.27. The van der Waals surface area contributed by atoms with Crippen LogP contribution >= 0.6 is 0 Å². The van der Waals surface area contributed by atoms with Crippen molar-refractivity contribution in [3.05, 3.63) is 39.4 Å². The van der Waals surface area contributed by atoms with E-state index >= 15 is 0 Å².